The highest BCUT2D eigenvalue weighted by molar-refractivity contribution is 6.32. The van der Waals surface area contributed by atoms with E-state index >= 15 is 0 Å². The molecule has 2 aliphatic rings. The molecule has 1 saturated carbocycles. The van der Waals surface area contributed by atoms with Crippen LogP contribution in [0, 0.1) is 0 Å². The van der Waals surface area contributed by atoms with Crippen LogP contribution in [0.1, 0.15) is 31.2 Å². The minimum absolute atomic E-state index is 0.398. The van der Waals surface area contributed by atoms with Crippen molar-refractivity contribution in [1.82, 2.24) is 5.32 Å². The van der Waals surface area contributed by atoms with E-state index in [1.54, 1.807) is 7.11 Å². The van der Waals surface area contributed by atoms with Crippen molar-refractivity contribution in [3.05, 3.63) is 22.7 Å². The molecule has 5 heteroatoms. The van der Waals surface area contributed by atoms with E-state index in [0.29, 0.717) is 36.1 Å². The summed E-state index contributed by atoms with van der Waals surface area (Å²) in [6, 6.07) is 4.51. The van der Waals surface area contributed by atoms with Crippen molar-refractivity contribution in [2.24, 2.45) is 0 Å². The molecule has 1 aliphatic heterocycles. The Hall–Kier alpha value is -0.970. The Morgan fingerprint density at radius 3 is 2.95 bits per heavy atom. The summed E-state index contributed by atoms with van der Waals surface area (Å²) in [4.78, 5) is 0. The Bertz CT molecular complexity index is 495. The van der Waals surface area contributed by atoms with Gasteiger partial charge in [0.2, 0.25) is 0 Å². The van der Waals surface area contributed by atoms with Crippen LogP contribution in [-0.2, 0) is 11.3 Å². The number of methoxy groups -OCH3 is 1. The summed E-state index contributed by atoms with van der Waals surface area (Å²) in [7, 11) is 1.79. The topological polar surface area (TPSA) is 39.7 Å². The van der Waals surface area contributed by atoms with Crippen molar-refractivity contribution in [2.45, 2.75) is 44.4 Å². The standard InChI is InChI=1S/C16H22ClNO3/c1-19-13-4-3-12(9-13)18-10-11-7-14(17)16-15(8-11)20-5-2-6-21-16/h7-8,12-13,18H,2-6,9-10H2,1H3. The zero-order chi connectivity index (χ0) is 14.7. The van der Waals surface area contributed by atoms with Gasteiger partial charge in [0, 0.05) is 26.1 Å². The van der Waals surface area contributed by atoms with Crippen LogP contribution in [0.4, 0.5) is 0 Å². The first-order chi connectivity index (χ1) is 10.3. The molecule has 1 heterocycles. The van der Waals surface area contributed by atoms with Crippen LogP contribution in [0.2, 0.25) is 5.02 Å². The summed E-state index contributed by atoms with van der Waals surface area (Å²) in [6.07, 6.45) is 4.66. The van der Waals surface area contributed by atoms with Crippen molar-refractivity contribution < 1.29 is 14.2 Å². The van der Waals surface area contributed by atoms with Crippen molar-refractivity contribution in [3.8, 4) is 11.5 Å². The molecule has 1 aliphatic carbocycles. The predicted molar refractivity (Wildman–Crippen MR) is 82.3 cm³/mol. The maximum absolute atomic E-state index is 6.31. The minimum atomic E-state index is 0.398. The van der Waals surface area contributed by atoms with E-state index in [1.807, 2.05) is 12.1 Å². The van der Waals surface area contributed by atoms with Crippen LogP contribution in [0.5, 0.6) is 11.5 Å². The number of nitrogens with one attached hydrogen (secondary N) is 1. The number of hydrogen-bond donors (Lipinski definition) is 1. The first kappa shape index (κ1) is 14.9. The Morgan fingerprint density at radius 2 is 2.14 bits per heavy atom. The highest BCUT2D eigenvalue weighted by Gasteiger charge is 2.24. The lowest BCUT2D eigenvalue weighted by molar-refractivity contribution is 0.107. The van der Waals surface area contributed by atoms with Crippen LogP contribution < -0.4 is 14.8 Å². The minimum Gasteiger partial charge on any atom is -0.489 e. The van der Waals surface area contributed by atoms with Gasteiger partial charge in [0.05, 0.1) is 24.3 Å². The molecule has 0 saturated heterocycles. The first-order valence-corrected chi connectivity index (χ1v) is 7.98. The zero-order valence-corrected chi connectivity index (χ0v) is 13.1. The van der Waals surface area contributed by atoms with Crippen LogP contribution in [0.25, 0.3) is 0 Å². The highest BCUT2D eigenvalue weighted by Crippen LogP contribution is 2.38. The SMILES string of the molecule is COC1CCC(NCc2cc(Cl)c3c(c2)OCCCO3)C1. The van der Waals surface area contributed by atoms with Crippen molar-refractivity contribution in [2.75, 3.05) is 20.3 Å². The van der Waals surface area contributed by atoms with E-state index in [-0.39, 0.29) is 0 Å². The molecule has 3 rings (SSSR count). The molecule has 0 bridgehead atoms. The Kier molecular flexibility index (Phi) is 4.88. The number of fused-ring (bicyclic) bond motifs is 1. The van der Waals surface area contributed by atoms with E-state index in [9.17, 15) is 0 Å². The van der Waals surface area contributed by atoms with Gasteiger partial charge in [-0.1, -0.05) is 11.6 Å². The molecule has 0 aromatic heterocycles. The largest absolute Gasteiger partial charge is 0.489 e. The summed E-state index contributed by atoms with van der Waals surface area (Å²) < 4.78 is 16.8. The third-order valence-corrected chi connectivity index (χ3v) is 4.46. The van der Waals surface area contributed by atoms with E-state index in [4.69, 9.17) is 25.8 Å². The molecule has 1 aromatic carbocycles. The molecule has 0 radical (unpaired) electrons. The number of benzene rings is 1. The van der Waals surface area contributed by atoms with E-state index < -0.39 is 0 Å². The molecule has 116 valence electrons. The molecule has 2 atom stereocenters. The fourth-order valence-electron chi connectivity index (χ4n) is 2.99. The number of rotatable bonds is 4. The Morgan fingerprint density at radius 1 is 1.29 bits per heavy atom. The van der Waals surface area contributed by atoms with Gasteiger partial charge in [-0.25, -0.2) is 0 Å². The van der Waals surface area contributed by atoms with Gasteiger partial charge in [0.15, 0.2) is 11.5 Å². The summed E-state index contributed by atoms with van der Waals surface area (Å²) >= 11 is 6.31. The molecule has 4 nitrogen and oxygen atoms in total. The highest BCUT2D eigenvalue weighted by atomic mass is 35.5. The van der Waals surface area contributed by atoms with Gasteiger partial charge in [-0.3, -0.25) is 0 Å². The monoisotopic (exact) mass is 311 g/mol. The molecule has 0 amide bonds. The third kappa shape index (κ3) is 3.62. The van der Waals surface area contributed by atoms with Gasteiger partial charge in [-0.2, -0.15) is 0 Å². The molecule has 1 aromatic rings. The molecule has 2 unspecified atom stereocenters. The van der Waals surface area contributed by atoms with Crippen molar-refractivity contribution >= 4 is 11.6 Å². The fourth-order valence-corrected chi connectivity index (χ4v) is 3.28. The van der Waals surface area contributed by atoms with Crippen molar-refractivity contribution in [1.29, 1.82) is 0 Å². The van der Waals surface area contributed by atoms with Gasteiger partial charge in [-0.15, -0.1) is 0 Å². The quantitative estimate of drug-likeness (QED) is 0.927. The van der Waals surface area contributed by atoms with Gasteiger partial charge < -0.3 is 19.5 Å². The zero-order valence-electron chi connectivity index (χ0n) is 12.4. The van der Waals surface area contributed by atoms with Gasteiger partial charge in [-0.05, 0) is 37.0 Å². The van der Waals surface area contributed by atoms with Crippen molar-refractivity contribution in [3.63, 3.8) is 0 Å². The average Bonchev–Trinajstić information content (AvgIpc) is 2.82. The van der Waals surface area contributed by atoms with E-state index in [1.165, 1.54) is 0 Å². The maximum atomic E-state index is 6.31. The van der Waals surface area contributed by atoms with E-state index in [0.717, 1.165) is 43.5 Å². The smallest absolute Gasteiger partial charge is 0.179 e. The second-order valence-electron chi connectivity index (χ2n) is 5.70. The third-order valence-electron chi connectivity index (χ3n) is 4.17. The van der Waals surface area contributed by atoms with Crippen LogP contribution in [0.15, 0.2) is 12.1 Å². The molecular formula is C16H22ClNO3. The first-order valence-electron chi connectivity index (χ1n) is 7.60. The summed E-state index contributed by atoms with van der Waals surface area (Å²) in [6.45, 7) is 2.13. The summed E-state index contributed by atoms with van der Waals surface area (Å²) in [5, 5.41) is 4.21. The second-order valence-corrected chi connectivity index (χ2v) is 6.11. The molecule has 0 spiro atoms. The maximum Gasteiger partial charge on any atom is 0.179 e. The Labute approximate surface area is 130 Å². The molecule has 21 heavy (non-hydrogen) atoms. The van der Waals surface area contributed by atoms with Crippen LogP contribution >= 0.6 is 11.6 Å². The van der Waals surface area contributed by atoms with Gasteiger partial charge in [0.25, 0.3) is 0 Å². The summed E-state index contributed by atoms with van der Waals surface area (Å²) in [5.41, 5.74) is 1.13. The normalized spacial score (nSPS) is 24.9. The second kappa shape index (κ2) is 6.86. The number of halogens is 1. The average molecular weight is 312 g/mol. The molecular weight excluding hydrogens is 290 g/mol. The van der Waals surface area contributed by atoms with Crippen LogP contribution in [-0.4, -0.2) is 32.5 Å². The predicted octanol–water partition coefficient (Wildman–Crippen LogP) is 3.16. The van der Waals surface area contributed by atoms with Gasteiger partial charge in [0.1, 0.15) is 0 Å². The van der Waals surface area contributed by atoms with E-state index in [2.05, 4.69) is 5.32 Å². The fraction of sp³-hybridized carbons (Fsp3) is 0.625. The molecule has 1 N–H and O–H groups in total. The lowest BCUT2D eigenvalue weighted by Crippen LogP contribution is -2.26. The number of ether oxygens (including phenoxy) is 3. The lowest BCUT2D eigenvalue weighted by Gasteiger charge is -2.15. The molecule has 1 fully saturated rings. The van der Waals surface area contributed by atoms with Crippen LogP contribution in [0.3, 0.4) is 0 Å². The number of hydrogen-bond acceptors (Lipinski definition) is 4. The Balaban J connectivity index is 1.63. The summed E-state index contributed by atoms with van der Waals surface area (Å²) in [5.74, 6) is 1.44. The van der Waals surface area contributed by atoms with Gasteiger partial charge >= 0.3 is 0 Å². The lowest BCUT2D eigenvalue weighted by atomic mass is 10.1.